The number of aryl methyl sites for hydroxylation is 1. The van der Waals surface area contributed by atoms with Gasteiger partial charge in [0.05, 0.1) is 20.8 Å². The second-order valence-electron chi connectivity index (χ2n) is 7.16. The molecule has 5 heteroatoms. The molecule has 1 aliphatic carbocycles. The summed E-state index contributed by atoms with van der Waals surface area (Å²) in [5.74, 6) is 1.70. The van der Waals surface area contributed by atoms with Gasteiger partial charge in [0, 0.05) is 41.2 Å². The third kappa shape index (κ3) is 3.78. The van der Waals surface area contributed by atoms with Crippen molar-refractivity contribution in [2.75, 3.05) is 27.8 Å². The van der Waals surface area contributed by atoms with Crippen molar-refractivity contribution in [1.82, 2.24) is 9.47 Å². The SMILES string of the molecule is COc1ccc(CN(C)CC(=O)c2cc(C)n(C3CC3)c2C)c(OC)c1. The van der Waals surface area contributed by atoms with E-state index in [9.17, 15) is 4.79 Å². The molecule has 0 spiro atoms. The van der Waals surface area contributed by atoms with Gasteiger partial charge in [-0.25, -0.2) is 0 Å². The first kappa shape index (κ1) is 18.5. The van der Waals surface area contributed by atoms with Crippen LogP contribution in [0.1, 0.15) is 46.2 Å². The Labute approximate surface area is 155 Å². The molecule has 2 aromatic rings. The average molecular weight is 356 g/mol. The maximum Gasteiger partial charge on any atom is 0.178 e. The molecule has 0 unspecified atom stereocenters. The van der Waals surface area contributed by atoms with Crippen molar-refractivity contribution >= 4 is 5.78 Å². The lowest BCUT2D eigenvalue weighted by atomic mass is 10.1. The van der Waals surface area contributed by atoms with E-state index < -0.39 is 0 Å². The van der Waals surface area contributed by atoms with Gasteiger partial charge in [-0.3, -0.25) is 9.69 Å². The van der Waals surface area contributed by atoms with Gasteiger partial charge in [-0.2, -0.15) is 0 Å². The molecule has 1 heterocycles. The summed E-state index contributed by atoms with van der Waals surface area (Å²) in [5, 5.41) is 0. The first-order valence-electron chi connectivity index (χ1n) is 9.05. The van der Waals surface area contributed by atoms with Crippen molar-refractivity contribution in [1.29, 1.82) is 0 Å². The van der Waals surface area contributed by atoms with Gasteiger partial charge >= 0.3 is 0 Å². The molecule has 1 fully saturated rings. The summed E-state index contributed by atoms with van der Waals surface area (Å²) >= 11 is 0. The first-order valence-corrected chi connectivity index (χ1v) is 9.05. The molecule has 1 saturated carbocycles. The van der Waals surface area contributed by atoms with Crippen LogP contribution in [0.4, 0.5) is 0 Å². The summed E-state index contributed by atoms with van der Waals surface area (Å²) in [4.78, 5) is 14.8. The van der Waals surface area contributed by atoms with Gasteiger partial charge < -0.3 is 14.0 Å². The minimum absolute atomic E-state index is 0.167. The molecule has 0 aliphatic heterocycles. The van der Waals surface area contributed by atoms with Crippen LogP contribution in [-0.2, 0) is 6.54 Å². The Morgan fingerprint density at radius 2 is 1.92 bits per heavy atom. The highest BCUT2D eigenvalue weighted by Gasteiger charge is 2.28. The van der Waals surface area contributed by atoms with Crippen LogP contribution in [0.25, 0.3) is 0 Å². The molecule has 5 nitrogen and oxygen atoms in total. The van der Waals surface area contributed by atoms with Crippen molar-refractivity contribution in [3.8, 4) is 11.5 Å². The number of hydrogen-bond donors (Lipinski definition) is 0. The Bertz CT molecular complexity index is 806. The molecule has 140 valence electrons. The van der Waals surface area contributed by atoms with Crippen LogP contribution >= 0.6 is 0 Å². The Morgan fingerprint density at radius 1 is 1.19 bits per heavy atom. The number of nitrogens with zero attached hydrogens (tertiary/aromatic N) is 2. The minimum Gasteiger partial charge on any atom is -0.497 e. The molecular formula is C21H28N2O3. The summed E-state index contributed by atoms with van der Waals surface area (Å²) in [5.41, 5.74) is 4.17. The molecule has 1 aliphatic rings. The summed E-state index contributed by atoms with van der Waals surface area (Å²) in [7, 11) is 5.25. The predicted molar refractivity (Wildman–Crippen MR) is 102 cm³/mol. The molecule has 0 bridgehead atoms. The summed E-state index contributed by atoms with van der Waals surface area (Å²) in [6.45, 7) is 5.17. The molecule has 1 aromatic heterocycles. The van der Waals surface area contributed by atoms with Crippen LogP contribution < -0.4 is 9.47 Å². The topological polar surface area (TPSA) is 43.7 Å². The van der Waals surface area contributed by atoms with E-state index in [4.69, 9.17) is 9.47 Å². The molecule has 26 heavy (non-hydrogen) atoms. The zero-order chi connectivity index (χ0) is 18.8. The standard InChI is InChI=1S/C21H28N2O3/c1-14-10-19(15(2)23(14)17-7-8-17)20(24)13-22(3)12-16-6-9-18(25-4)11-21(16)26-5/h6,9-11,17H,7-8,12-13H2,1-5H3. The van der Waals surface area contributed by atoms with Crippen LogP contribution in [0.15, 0.2) is 24.3 Å². The number of methoxy groups -OCH3 is 2. The van der Waals surface area contributed by atoms with Gasteiger partial charge in [-0.05, 0) is 45.9 Å². The quantitative estimate of drug-likeness (QED) is 0.675. The van der Waals surface area contributed by atoms with Gasteiger partial charge in [0.1, 0.15) is 11.5 Å². The van der Waals surface area contributed by atoms with E-state index in [2.05, 4.69) is 18.4 Å². The third-order valence-electron chi connectivity index (χ3n) is 5.04. The highest BCUT2D eigenvalue weighted by molar-refractivity contribution is 5.99. The molecule has 0 atom stereocenters. The Kier molecular flexibility index (Phi) is 5.37. The average Bonchev–Trinajstić information content (AvgIpc) is 3.40. The van der Waals surface area contributed by atoms with Crippen molar-refractivity contribution < 1.29 is 14.3 Å². The zero-order valence-electron chi connectivity index (χ0n) is 16.3. The van der Waals surface area contributed by atoms with Crippen LogP contribution in [0.5, 0.6) is 11.5 Å². The second kappa shape index (κ2) is 7.54. The minimum atomic E-state index is 0.167. The van der Waals surface area contributed by atoms with Crippen molar-refractivity contribution in [2.45, 2.75) is 39.3 Å². The molecule has 0 saturated heterocycles. The van der Waals surface area contributed by atoms with Crippen LogP contribution in [0.2, 0.25) is 0 Å². The van der Waals surface area contributed by atoms with E-state index in [0.29, 0.717) is 19.1 Å². The maximum atomic E-state index is 12.8. The molecule has 0 radical (unpaired) electrons. The Balaban J connectivity index is 1.69. The van der Waals surface area contributed by atoms with Gasteiger partial charge in [0.25, 0.3) is 0 Å². The first-order chi connectivity index (χ1) is 12.4. The van der Waals surface area contributed by atoms with Crippen molar-refractivity contribution in [3.05, 3.63) is 46.8 Å². The Morgan fingerprint density at radius 3 is 2.54 bits per heavy atom. The van der Waals surface area contributed by atoms with E-state index in [-0.39, 0.29) is 5.78 Å². The molecule has 0 amide bonds. The van der Waals surface area contributed by atoms with Gasteiger partial charge in [-0.1, -0.05) is 6.07 Å². The number of benzene rings is 1. The fourth-order valence-electron chi connectivity index (χ4n) is 3.61. The zero-order valence-corrected chi connectivity index (χ0v) is 16.3. The number of carbonyl (C=O) groups excluding carboxylic acids is 1. The number of likely N-dealkylation sites (N-methyl/N-ethyl adjacent to an activating group) is 1. The lowest BCUT2D eigenvalue weighted by Crippen LogP contribution is -2.26. The number of ketones is 1. The molecular weight excluding hydrogens is 328 g/mol. The van der Waals surface area contributed by atoms with Gasteiger partial charge in [0.2, 0.25) is 0 Å². The Hall–Kier alpha value is -2.27. The monoisotopic (exact) mass is 356 g/mol. The molecule has 0 N–H and O–H groups in total. The highest BCUT2D eigenvalue weighted by Crippen LogP contribution is 2.38. The molecule has 3 rings (SSSR count). The summed E-state index contributed by atoms with van der Waals surface area (Å²) in [6.07, 6.45) is 2.45. The second-order valence-corrected chi connectivity index (χ2v) is 7.16. The smallest absolute Gasteiger partial charge is 0.178 e. The fourth-order valence-corrected chi connectivity index (χ4v) is 3.61. The number of ether oxygens (including phenoxy) is 2. The third-order valence-corrected chi connectivity index (χ3v) is 5.04. The lowest BCUT2D eigenvalue weighted by Gasteiger charge is -2.18. The van der Waals surface area contributed by atoms with Crippen molar-refractivity contribution in [3.63, 3.8) is 0 Å². The lowest BCUT2D eigenvalue weighted by molar-refractivity contribution is 0.0942. The molecule has 1 aromatic carbocycles. The van der Waals surface area contributed by atoms with Crippen LogP contribution in [0, 0.1) is 13.8 Å². The van der Waals surface area contributed by atoms with E-state index in [1.165, 1.54) is 18.5 Å². The highest BCUT2D eigenvalue weighted by atomic mass is 16.5. The predicted octanol–water partition coefficient (Wildman–Crippen LogP) is 3.77. The van der Waals surface area contributed by atoms with Crippen molar-refractivity contribution in [2.24, 2.45) is 0 Å². The normalized spacial score (nSPS) is 13.9. The van der Waals surface area contributed by atoms with Gasteiger partial charge in [0.15, 0.2) is 5.78 Å². The largest absolute Gasteiger partial charge is 0.497 e. The van der Waals surface area contributed by atoms with Crippen LogP contribution in [-0.4, -0.2) is 43.1 Å². The van der Waals surface area contributed by atoms with E-state index in [0.717, 1.165) is 28.3 Å². The number of aromatic nitrogens is 1. The van der Waals surface area contributed by atoms with Gasteiger partial charge in [-0.15, -0.1) is 0 Å². The summed E-state index contributed by atoms with van der Waals surface area (Å²) < 4.78 is 13.0. The maximum absolute atomic E-state index is 12.8. The number of hydrogen-bond acceptors (Lipinski definition) is 4. The fraction of sp³-hybridized carbons (Fsp3) is 0.476. The number of carbonyl (C=O) groups is 1. The van der Waals surface area contributed by atoms with E-state index >= 15 is 0 Å². The number of Topliss-reactive ketones (excluding diaryl/α,β-unsaturated/α-hetero) is 1. The summed E-state index contributed by atoms with van der Waals surface area (Å²) in [6, 6.07) is 8.40. The number of rotatable bonds is 8. The van der Waals surface area contributed by atoms with E-state index in [1.54, 1.807) is 14.2 Å². The van der Waals surface area contributed by atoms with E-state index in [1.807, 2.05) is 36.2 Å². The van der Waals surface area contributed by atoms with Crippen LogP contribution in [0.3, 0.4) is 0 Å².